The van der Waals surface area contributed by atoms with Gasteiger partial charge in [-0.2, -0.15) is 0 Å². The fourth-order valence-electron chi connectivity index (χ4n) is 3.51. The molecular formula is C22H29FN2O4S. The summed E-state index contributed by atoms with van der Waals surface area (Å²) in [5.41, 5.74) is 1.48. The molecule has 1 atom stereocenters. The first-order chi connectivity index (χ1) is 14.3. The number of sulfonamides is 1. The molecule has 6 nitrogen and oxygen atoms in total. The molecule has 1 unspecified atom stereocenters. The predicted octanol–water partition coefficient (Wildman–Crippen LogP) is 3.27. The number of hydrogen-bond acceptors (Lipinski definition) is 5. The van der Waals surface area contributed by atoms with Crippen LogP contribution in [0.5, 0.6) is 5.75 Å². The molecule has 1 aliphatic heterocycles. The molecule has 1 aliphatic rings. The van der Waals surface area contributed by atoms with E-state index in [2.05, 4.69) is 9.62 Å². The lowest BCUT2D eigenvalue weighted by atomic mass is 10.0. The van der Waals surface area contributed by atoms with Gasteiger partial charge in [0.15, 0.2) is 0 Å². The van der Waals surface area contributed by atoms with Crippen molar-refractivity contribution in [1.29, 1.82) is 0 Å². The van der Waals surface area contributed by atoms with E-state index < -0.39 is 10.0 Å². The summed E-state index contributed by atoms with van der Waals surface area (Å²) in [7, 11) is -3.74. The third kappa shape index (κ3) is 5.78. The molecular weight excluding hydrogens is 407 g/mol. The summed E-state index contributed by atoms with van der Waals surface area (Å²) in [5.74, 6) is 0.319. The van der Waals surface area contributed by atoms with Crippen molar-refractivity contribution in [2.24, 2.45) is 0 Å². The number of ether oxygens (including phenoxy) is 2. The van der Waals surface area contributed by atoms with Crippen LogP contribution >= 0.6 is 0 Å². The van der Waals surface area contributed by atoms with Gasteiger partial charge in [0.2, 0.25) is 10.0 Å². The Kier molecular flexibility index (Phi) is 7.46. The summed E-state index contributed by atoms with van der Waals surface area (Å²) in [6.45, 7) is 8.24. The topological polar surface area (TPSA) is 67.9 Å². The van der Waals surface area contributed by atoms with Gasteiger partial charge in [-0.05, 0) is 62.2 Å². The maximum atomic E-state index is 13.8. The van der Waals surface area contributed by atoms with Gasteiger partial charge < -0.3 is 9.47 Å². The summed E-state index contributed by atoms with van der Waals surface area (Å²) < 4.78 is 53.5. The molecule has 1 saturated heterocycles. The van der Waals surface area contributed by atoms with Gasteiger partial charge in [-0.25, -0.2) is 17.5 Å². The van der Waals surface area contributed by atoms with E-state index in [4.69, 9.17) is 9.47 Å². The Balaban J connectivity index is 1.79. The highest BCUT2D eigenvalue weighted by Gasteiger charge is 2.25. The Morgan fingerprint density at radius 3 is 2.53 bits per heavy atom. The average molecular weight is 437 g/mol. The van der Waals surface area contributed by atoms with Gasteiger partial charge in [0.05, 0.1) is 24.2 Å². The summed E-state index contributed by atoms with van der Waals surface area (Å²) in [6, 6.07) is 10.8. The number of benzene rings is 2. The maximum absolute atomic E-state index is 13.8. The minimum atomic E-state index is -3.74. The van der Waals surface area contributed by atoms with E-state index in [-0.39, 0.29) is 29.4 Å². The molecule has 0 bridgehead atoms. The van der Waals surface area contributed by atoms with Crippen molar-refractivity contribution in [3.8, 4) is 5.75 Å². The molecule has 8 heteroatoms. The fourth-order valence-corrected chi connectivity index (χ4v) is 4.63. The molecule has 164 valence electrons. The maximum Gasteiger partial charge on any atom is 0.240 e. The highest BCUT2D eigenvalue weighted by atomic mass is 32.2. The number of morpholine rings is 1. The van der Waals surface area contributed by atoms with E-state index in [0.717, 1.165) is 11.1 Å². The molecule has 0 aromatic heterocycles. The van der Waals surface area contributed by atoms with Crippen molar-refractivity contribution in [1.82, 2.24) is 9.62 Å². The van der Waals surface area contributed by atoms with E-state index in [9.17, 15) is 12.8 Å². The van der Waals surface area contributed by atoms with Crippen molar-refractivity contribution in [2.75, 3.05) is 32.8 Å². The van der Waals surface area contributed by atoms with Crippen LogP contribution in [0.4, 0.5) is 4.39 Å². The summed E-state index contributed by atoms with van der Waals surface area (Å²) in [4.78, 5) is 2.29. The van der Waals surface area contributed by atoms with Crippen LogP contribution in [-0.4, -0.2) is 52.3 Å². The van der Waals surface area contributed by atoms with Crippen LogP contribution < -0.4 is 9.46 Å². The van der Waals surface area contributed by atoms with E-state index in [1.807, 2.05) is 26.8 Å². The van der Waals surface area contributed by atoms with Gasteiger partial charge in [0.25, 0.3) is 0 Å². The lowest BCUT2D eigenvalue weighted by Crippen LogP contribution is -2.43. The van der Waals surface area contributed by atoms with Crippen molar-refractivity contribution in [2.45, 2.75) is 37.8 Å². The van der Waals surface area contributed by atoms with Crippen molar-refractivity contribution in [3.05, 3.63) is 59.4 Å². The largest absolute Gasteiger partial charge is 0.491 e. The smallest absolute Gasteiger partial charge is 0.240 e. The highest BCUT2D eigenvalue weighted by Crippen LogP contribution is 2.25. The van der Waals surface area contributed by atoms with Crippen LogP contribution in [0.1, 0.15) is 31.0 Å². The van der Waals surface area contributed by atoms with Crippen LogP contribution in [0.3, 0.4) is 0 Å². The van der Waals surface area contributed by atoms with Gasteiger partial charge in [-0.15, -0.1) is 0 Å². The standard InChI is InChI=1S/C22H29FN2O4S/c1-16(2)29-22-8-7-20(13-17(22)3)30(26,27)24-15-21(25-9-11-28-12-10-25)18-5-4-6-19(23)14-18/h4-8,13-14,16,21,24H,9-12,15H2,1-3H3. The molecule has 30 heavy (non-hydrogen) atoms. The second kappa shape index (κ2) is 9.87. The Hall–Kier alpha value is -2.00. The van der Waals surface area contributed by atoms with Gasteiger partial charge >= 0.3 is 0 Å². The normalized spacial score (nSPS) is 16.6. The highest BCUT2D eigenvalue weighted by molar-refractivity contribution is 7.89. The average Bonchev–Trinajstić information content (AvgIpc) is 2.70. The van der Waals surface area contributed by atoms with Crippen LogP contribution in [-0.2, 0) is 14.8 Å². The van der Waals surface area contributed by atoms with E-state index in [1.165, 1.54) is 12.1 Å². The number of hydrogen-bond donors (Lipinski definition) is 1. The van der Waals surface area contributed by atoms with E-state index >= 15 is 0 Å². The first kappa shape index (κ1) is 22.7. The first-order valence-corrected chi connectivity index (χ1v) is 11.6. The Bertz CT molecular complexity index is 959. The SMILES string of the molecule is Cc1cc(S(=O)(=O)NCC(c2cccc(F)c2)N2CCOCC2)ccc1OC(C)C. The summed E-state index contributed by atoms with van der Waals surface area (Å²) in [5, 5.41) is 0. The zero-order chi connectivity index (χ0) is 21.7. The van der Waals surface area contributed by atoms with Crippen molar-refractivity contribution < 1.29 is 22.3 Å². The van der Waals surface area contributed by atoms with Gasteiger partial charge in [-0.1, -0.05) is 12.1 Å². The zero-order valence-corrected chi connectivity index (χ0v) is 18.4. The minimum absolute atomic E-state index is 0.00447. The molecule has 0 spiro atoms. The Morgan fingerprint density at radius 2 is 1.90 bits per heavy atom. The van der Waals surface area contributed by atoms with Gasteiger partial charge in [-0.3, -0.25) is 4.90 Å². The van der Waals surface area contributed by atoms with Crippen LogP contribution in [0.15, 0.2) is 47.4 Å². The lowest BCUT2D eigenvalue weighted by Gasteiger charge is -2.34. The number of halogens is 1. The van der Waals surface area contributed by atoms with E-state index in [0.29, 0.717) is 32.1 Å². The van der Waals surface area contributed by atoms with Crippen molar-refractivity contribution >= 4 is 10.0 Å². The first-order valence-electron chi connectivity index (χ1n) is 10.1. The minimum Gasteiger partial charge on any atom is -0.491 e. The monoisotopic (exact) mass is 436 g/mol. The number of aryl methyl sites for hydroxylation is 1. The molecule has 3 rings (SSSR count). The van der Waals surface area contributed by atoms with Crippen LogP contribution in [0, 0.1) is 12.7 Å². The van der Waals surface area contributed by atoms with Crippen LogP contribution in [0.25, 0.3) is 0 Å². The number of nitrogens with one attached hydrogen (secondary N) is 1. The third-order valence-corrected chi connectivity index (χ3v) is 6.43. The molecule has 0 radical (unpaired) electrons. The summed E-state index contributed by atoms with van der Waals surface area (Å²) in [6.07, 6.45) is 0.00447. The van der Waals surface area contributed by atoms with Crippen molar-refractivity contribution in [3.63, 3.8) is 0 Å². The quantitative estimate of drug-likeness (QED) is 0.688. The van der Waals surface area contributed by atoms with E-state index in [1.54, 1.807) is 24.3 Å². The molecule has 0 amide bonds. The predicted molar refractivity (Wildman–Crippen MR) is 114 cm³/mol. The fraction of sp³-hybridized carbons (Fsp3) is 0.455. The molecule has 0 aliphatic carbocycles. The van der Waals surface area contributed by atoms with Gasteiger partial charge in [0.1, 0.15) is 11.6 Å². The second-order valence-electron chi connectivity index (χ2n) is 7.66. The molecule has 2 aromatic rings. The molecule has 1 heterocycles. The van der Waals surface area contributed by atoms with Gasteiger partial charge in [0, 0.05) is 25.7 Å². The zero-order valence-electron chi connectivity index (χ0n) is 17.6. The molecule has 1 N–H and O–H groups in total. The number of rotatable bonds is 8. The van der Waals surface area contributed by atoms with Crippen LogP contribution in [0.2, 0.25) is 0 Å². The Labute approximate surface area is 178 Å². The Morgan fingerprint density at radius 1 is 1.17 bits per heavy atom. The molecule has 0 saturated carbocycles. The number of nitrogens with zero attached hydrogens (tertiary/aromatic N) is 1. The summed E-state index contributed by atoms with van der Waals surface area (Å²) >= 11 is 0. The molecule has 2 aromatic carbocycles. The third-order valence-electron chi connectivity index (χ3n) is 5.01. The molecule has 1 fully saturated rings. The second-order valence-corrected chi connectivity index (χ2v) is 9.43. The lowest BCUT2D eigenvalue weighted by molar-refractivity contribution is 0.0171.